The minimum Gasteiger partial charge on any atom is -0.478 e. The molecule has 1 aromatic rings. The molecule has 0 aliphatic rings. The molecule has 3 heteroatoms. The molecule has 3 nitrogen and oxygen atoms in total. The van der Waals surface area contributed by atoms with E-state index in [1.165, 1.54) is 0 Å². The van der Waals surface area contributed by atoms with Crippen LogP contribution in [-0.4, -0.2) is 11.1 Å². The third kappa shape index (κ3) is 3.61. The number of hydrogen-bond donors (Lipinski definition) is 2. The van der Waals surface area contributed by atoms with Gasteiger partial charge in [-0.25, -0.2) is 4.79 Å². The van der Waals surface area contributed by atoms with Gasteiger partial charge in [0.1, 0.15) is 0 Å². The molecule has 0 fully saturated rings. The lowest BCUT2D eigenvalue weighted by atomic mass is 10.1. The fourth-order valence-corrected chi connectivity index (χ4v) is 1.31. The Morgan fingerprint density at radius 3 is 2.81 bits per heavy atom. The van der Waals surface area contributed by atoms with Gasteiger partial charge in [-0.2, -0.15) is 0 Å². The van der Waals surface area contributed by atoms with Crippen molar-refractivity contribution in [2.24, 2.45) is 0 Å². The Bertz CT molecular complexity index is 433. The van der Waals surface area contributed by atoms with Crippen molar-refractivity contribution in [2.75, 3.05) is 5.73 Å². The number of carbonyl (C=O) groups is 1. The van der Waals surface area contributed by atoms with E-state index in [1.807, 2.05) is 36.4 Å². The van der Waals surface area contributed by atoms with Crippen molar-refractivity contribution < 1.29 is 9.90 Å². The second-order valence-corrected chi connectivity index (χ2v) is 3.40. The summed E-state index contributed by atoms with van der Waals surface area (Å²) in [6.45, 7) is 1.72. The third-order valence-corrected chi connectivity index (χ3v) is 2.18. The zero-order valence-corrected chi connectivity index (χ0v) is 9.18. The third-order valence-electron chi connectivity index (χ3n) is 2.18. The van der Waals surface area contributed by atoms with Crippen LogP contribution in [0, 0.1) is 0 Å². The quantitative estimate of drug-likeness (QED) is 0.602. The number of allylic oxidation sites excluding steroid dienone is 2. The Morgan fingerprint density at radius 1 is 1.50 bits per heavy atom. The van der Waals surface area contributed by atoms with Gasteiger partial charge < -0.3 is 10.8 Å². The Kier molecular flexibility index (Phi) is 4.33. The van der Waals surface area contributed by atoms with E-state index < -0.39 is 5.97 Å². The molecule has 0 radical (unpaired) electrons. The van der Waals surface area contributed by atoms with Gasteiger partial charge in [0.15, 0.2) is 0 Å². The largest absolute Gasteiger partial charge is 0.478 e. The van der Waals surface area contributed by atoms with Crippen LogP contribution in [0.5, 0.6) is 0 Å². The highest BCUT2D eigenvalue weighted by Gasteiger charge is 2.01. The summed E-state index contributed by atoms with van der Waals surface area (Å²) in [6, 6.07) is 7.43. The van der Waals surface area contributed by atoms with E-state index in [-0.39, 0.29) is 0 Å². The second-order valence-electron chi connectivity index (χ2n) is 3.40. The maximum absolute atomic E-state index is 10.7. The summed E-state index contributed by atoms with van der Waals surface area (Å²) in [4.78, 5) is 10.7. The van der Waals surface area contributed by atoms with E-state index in [0.29, 0.717) is 17.7 Å². The molecule has 0 aliphatic carbocycles. The molecule has 0 amide bonds. The zero-order valence-electron chi connectivity index (χ0n) is 9.18. The maximum Gasteiger partial charge on any atom is 0.331 e. The first kappa shape index (κ1) is 12.0. The van der Waals surface area contributed by atoms with Crippen LogP contribution in [0.25, 0.3) is 6.08 Å². The predicted octanol–water partition coefficient (Wildman–Crippen LogP) is 2.70. The molecule has 84 valence electrons. The number of carboxylic acids is 1. The highest BCUT2D eigenvalue weighted by Crippen LogP contribution is 2.10. The summed E-state index contributed by atoms with van der Waals surface area (Å²) in [6.07, 6.45) is 5.70. The number of nitrogens with two attached hydrogens (primary N) is 1. The molecule has 1 aromatic carbocycles. The van der Waals surface area contributed by atoms with Crippen LogP contribution in [0.1, 0.15) is 18.9 Å². The molecule has 0 unspecified atom stereocenters. The highest BCUT2D eigenvalue weighted by atomic mass is 16.4. The number of rotatable bonds is 4. The van der Waals surface area contributed by atoms with Crippen molar-refractivity contribution in [3.05, 3.63) is 47.6 Å². The van der Waals surface area contributed by atoms with Crippen molar-refractivity contribution in [2.45, 2.75) is 13.3 Å². The summed E-state index contributed by atoms with van der Waals surface area (Å²) in [5, 5.41) is 8.79. The topological polar surface area (TPSA) is 63.3 Å². The van der Waals surface area contributed by atoms with E-state index >= 15 is 0 Å². The minimum atomic E-state index is -0.875. The molecule has 0 aliphatic heterocycles. The lowest BCUT2D eigenvalue weighted by molar-refractivity contribution is -0.132. The number of benzene rings is 1. The van der Waals surface area contributed by atoms with Gasteiger partial charge in [0.25, 0.3) is 0 Å². The molecule has 0 bridgehead atoms. The van der Waals surface area contributed by atoms with Crippen LogP contribution in [0.15, 0.2) is 42.0 Å². The van der Waals surface area contributed by atoms with E-state index in [9.17, 15) is 4.79 Å². The molecule has 3 N–H and O–H groups in total. The fraction of sp³-hybridized carbons (Fsp3) is 0.154. The van der Waals surface area contributed by atoms with Gasteiger partial charge >= 0.3 is 5.97 Å². The number of carboxylic acid groups (broad SMARTS) is 1. The average Bonchev–Trinajstić information content (AvgIpc) is 2.24. The minimum absolute atomic E-state index is 0.389. The molecular weight excluding hydrogens is 202 g/mol. The summed E-state index contributed by atoms with van der Waals surface area (Å²) in [5.74, 6) is -0.875. The van der Waals surface area contributed by atoms with Gasteiger partial charge in [-0.3, -0.25) is 0 Å². The van der Waals surface area contributed by atoms with Gasteiger partial charge in [-0.05, 0) is 31.0 Å². The van der Waals surface area contributed by atoms with Gasteiger partial charge in [0.05, 0.1) is 0 Å². The number of anilines is 1. The van der Waals surface area contributed by atoms with Gasteiger partial charge in [-0.15, -0.1) is 0 Å². The van der Waals surface area contributed by atoms with E-state index in [0.717, 1.165) is 5.56 Å². The van der Waals surface area contributed by atoms with Crippen LogP contribution >= 0.6 is 0 Å². The molecule has 0 saturated heterocycles. The first-order valence-electron chi connectivity index (χ1n) is 5.04. The number of hydrogen-bond acceptors (Lipinski definition) is 2. The molecule has 0 saturated carbocycles. The molecule has 1 rings (SSSR count). The fourth-order valence-electron chi connectivity index (χ4n) is 1.31. The summed E-state index contributed by atoms with van der Waals surface area (Å²) in [5.41, 5.74) is 7.69. The first-order valence-corrected chi connectivity index (χ1v) is 5.04. The van der Waals surface area contributed by atoms with E-state index in [2.05, 4.69) is 0 Å². The number of aliphatic carboxylic acids is 1. The Labute approximate surface area is 94.9 Å². The Morgan fingerprint density at radius 2 is 2.25 bits per heavy atom. The van der Waals surface area contributed by atoms with Crippen LogP contribution in [0.2, 0.25) is 0 Å². The molecule has 0 heterocycles. The molecule has 0 spiro atoms. The van der Waals surface area contributed by atoms with Gasteiger partial charge in [0.2, 0.25) is 0 Å². The standard InChI is InChI=1S/C13H15NO2/c1-2-11(13(15)16)7-3-5-10-6-4-8-12(14)9-10/h2-6,8-9H,7,14H2,1H3,(H,15,16)/b5-3?,11-2+. The van der Waals surface area contributed by atoms with Crippen molar-refractivity contribution in [3.8, 4) is 0 Å². The molecule has 16 heavy (non-hydrogen) atoms. The molecule has 0 atom stereocenters. The van der Waals surface area contributed by atoms with Crippen LogP contribution < -0.4 is 5.73 Å². The second kappa shape index (κ2) is 5.75. The Hall–Kier alpha value is -2.03. The van der Waals surface area contributed by atoms with Crippen molar-refractivity contribution >= 4 is 17.7 Å². The lowest BCUT2D eigenvalue weighted by Crippen LogP contribution is -1.98. The van der Waals surface area contributed by atoms with Gasteiger partial charge in [-0.1, -0.05) is 30.4 Å². The SMILES string of the molecule is C/C=C(\CC=Cc1cccc(N)c1)C(=O)O. The summed E-state index contributed by atoms with van der Waals surface area (Å²) < 4.78 is 0. The van der Waals surface area contributed by atoms with Crippen molar-refractivity contribution in [3.63, 3.8) is 0 Å². The monoisotopic (exact) mass is 217 g/mol. The smallest absolute Gasteiger partial charge is 0.331 e. The Balaban J connectivity index is 2.65. The normalized spacial score (nSPS) is 11.9. The van der Waals surface area contributed by atoms with Crippen LogP contribution in [-0.2, 0) is 4.79 Å². The zero-order chi connectivity index (χ0) is 12.0. The van der Waals surface area contributed by atoms with Gasteiger partial charge in [0, 0.05) is 11.3 Å². The molecule has 0 aromatic heterocycles. The molecular formula is C13H15NO2. The van der Waals surface area contributed by atoms with E-state index in [4.69, 9.17) is 10.8 Å². The van der Waals surface area contributed by atoms with E-state index in [1.54, 1.807) is 13.0 Å². The summed E-state index contributed by atoms with van der Waals surface area (Å²) >= 11 is 0. The lowest BCUT2D eigenvalue weighted by Gasteiger charge is -1.97. The predicted molar refractivity (Wildman–Crippen MR) is 65.9 cm³/mol. The maximum atomic E-state index is 10.7. The van der Waals surface area contributed by atoms with Crippen LogP contribution in [0.3, 0.4) is 0 Å². The van der Waals surface area contributed by atoms with Crippen LogP contribution in [0.4, 0.5) is 5.69 Å². The van der Waals surface area contributed by atoms with Crippen molar-refractivity contribution in [1.29, 1.82) is 0 Å². The number of nitrogen functional groups attached to an aromatic ring is 1. The first-order chi connectivity index (χ1) is 7.63. The van der Waals surface area contributed by atoms with Crippen molar-refractivity contribution in [1.82, 2.24) is 0 Å². The average molecular weight is 217 g/mol. The highest BCUT2D eigenvalue weighted by molar-refractivity contribution is 5.86. The summed E-state index contributed by atoms with van der Waals surface area (Å²) in [7, 11) is 0.